The van der Waals surface area contributed by atoms with E-state index < -0.39 is 10.9 Å². The number of rotatable bonds is 6. The van der Waals surface area contributed by atoms with Crippen LogP contribution < -0.4 is 0 Å². The van der Waals surface area contributed by atoms with Gasteiger partial charge in [-0.3, -0.25) is 24.6 Å². The van der Waals surface area contributed by atoms with E-state index in [2.05, 4.69) is 0 Å². The molecule has 0 aliphatic carbocycles. The van der Waals surface area contributed by atoms with Gasteiger partial charge in [0.1, 0.15) is 0 Å². The molecule has 1 N–H and O–H groups in total. The minimum absolute atomic E-state index is 0.0862. The highest BCUT2D eigenvalue weighted by molar-refractivity contribution is 5.95. The molecule has 1 saturated heterocycles. The molecular weight excluding hydrogens is 330 g/mol. The quantitative estimate of drug-likeness (QED) is 0.594. The number of likely N-dealkylation sites (N-methyl/N-ethyl adjacent to an activating group) is 1. The molecule has 9 heteroatoms. The van der Waals surface area contributed by atoms with Crippen molar-refractivity contribution in [3.05, 3.63) is 39.4 Å². The predicted molar refractivity (Wildman–Crippen MR) is 88.6 cm³/mol. The van der Waals surface area contributed by atoms with Gasteiger partial charge < -0.3 is 14.7 Å². The second kappa shape index (κ2) is 8.04. The summed E-state index contributed by atoms with van der Waals surface area (Å²) < 4.78 is 5.59. The lowest BCUT2D eigenvalue weighted by molar-refractivity contribution is -0.385. The van der Waals surface area contributed by atoms with Crippen LogP contribution in [0, 0.1) is 17.0 Å². The lowest BCUT2D eigenvalue weighted by Gasteiger charge is -2.34. The smallest absolute Gasteiger partial charge is 0.317 e. The maximum absolute atomic E-state index is 12.6. The fourth-order valence-corrected chi connectivity index (χ4v) is 2.78. The van der Waals surface area contributed by atoms with Crippen molar-refractivity contribution in [3.8, 4) is 0 Å². The van der Waals surface area contributed by atoms with E-state index >= 15 is 0 Å². The molecule has 1 atom stereocenters. The second-order valence-electron chi connectivity index (χ2n) is 6.09. The largest absolute Gasteiger partial charge is 0.480 e. The van der Waals surface area contributed by atoms with Crippen molar-refractivity contribution in [1.29, 1.82) is 0 Å². The first kappa shape index (κ1) is 18.8. The van der Waals surface area contributed by atoms with Crippen molar-refractivity contribution >= 4 is 17.6 Å². The Bertz CT molecular complexity index is 678. The van der Waals surface area contributed by atoms with E-state index in [0.717, 1.165) is 0 Å². The number of aliphatic carboxylic acids is 1. The van der Waals surface area contributed by atoms with Crippen LogP contribution >= 0.6 is 0 Å². The highest BCUT2D eigenvalue weighted by Crippen LogP contribution is 2.21. The first-order chi connectivity index (χ1) is 11.8. The summed E-state index contributed by atoms with van der Waals surface area (Å²) in [7, 11) is 1.67. The van der Waals surface area contributed by atoms with Crippen LogP contribution in [0.4, 0.5) is 5.69 Å². The molecule has 1 amide bonds. The Labute approximate surface area is 144 Å². The summed E-state index contributed by atoms with van der Waals surface area (Å²) in [4.78, 5) is 37.1. The van der Waals surface area contributed by atoms with Crippen LogP contribution in [0.25, 0.3) is 0 Å². The Hall–Kier alpha value is -2.52. The van der Waals surface area contributed by atoms with Gasteiger partial charge in [0.25, 0.3) is 11.6 Å². The first-order valence-electron chi connectivity index (χ1n) is 7.84. The average Bonchev–Trinajstić information content (AvgIpc) is 2.53. The average molecular weight is 351 g/mol. The number of morpholine rings is 1. The highest BCUT2D eigenvalue weighted by atomic mass is 16.6. The Morgan fingerprint density at radius 1 is 1.48 bits per heavy atom. The minimum Gasteiger partial charge on any atom is -0.480 e. The van der Waals surface area contributed by atoms with Crippen molar-refractivity contribution in [1.82, 2.24) is 9.80 Å². The van der Waals surface area contributed by atoms with E-state index in [0.29, 0.717) is 31.8 Å². The lowest BCUT2D eigenvalue weighted by atomic mass is 10.1. The summed E-state index contributed by atoms with van der Waals surface area (Å²) >= 11 is 0. The number of ether oxygens (including phenoxy) is 1. The molecule has 0 bridgehead atoms. The van der Waals surface area contributed by atoms with Crippen LogP contribution in [-0.4, -0.2) is 77.6 Å². The van der Waals surface area contributed by atoms with Crippen molar-refractivity contribution in [3.63, 3.8) is 0 Å². The number of nitrogens with zero attached hydrogens (tertiary/aromatic N) is 3. The monoisotopic (exact) mass is 351 g/mol. The Morgan fingerprint density at radius 3 is 2.84 bits per heavy atom. The zero-order valence-electron chi connectivity index (χ0n) is 14.2. The molecular formula is C16H21N3O6. The van der Waals surface area contributed by atoms with Gasteiger partial charge in [0.15, 0.2) is 0 Å². The molecule has 0 spiro atoms. The number of hydrogen-bond acceptors (Lipinski definition) is 6. The van der Waals surface area contributed by atoms with Crippen LogP contribution in [0.5, 0.6) is 0 Å². The molecule has 1 heterocycles. The molecule has 0 aromatic heterocycles. The van der Waals surface area contributed by atoms with E-state index in [9.17, 15) is 19.7 Å². The maximum Gasteiger partial charge on any atom is 0.317 e. The molecule has 1 fully saturated rings. The van der Waals surface area contributed by atoms with Gasteiger partial charge in [0, 0.05) is 36.8 Å². The fourth-order valence-electron chi connectivity index (χ4n) is 2.78. The molecule has 1 aliphatic heterocycles. The van der Waals surface area contributed by atoms with Crippen molar-refractivity contribution in [2.75, 3.05) is 39.8 Å². The number of carbonyl (C=O) groups is 2. The fraction of sp³-hybridized carbons (Fsp3) is 0.500. The summed E-state index contributed by atoms with van der Waals surface area (Å²) in [6, 6.07) is 4.42. The standard InChI is InChI=1S/C16H21N3O6/c1-11-3-4-12(7-14(11)19(23)24)16(22)18-5-6-25-13(9-18)8-17(2)10-15(20)21/h3-4,7,13H,5-6,8-10H2,1-2H3,(H,20,21). The molecule has 25 heavy (non-hydrogen) atoms. The van der Waals surface area contributed by atoms with Crippen molar-refractivity contribution in [2.45, 2.75) is 13.0 Å². The van der Waals surface area contributed by atoms with Gasteiger partial charge in [-0.2, -0.15) is 0 Å². The maximum atomic E-state index is 12.6. The van der Waals surface area contributed by atoms with Gasteiger partial charge in [-0.25, -0.2) is 0 Å². The van der Waals surface area contributed by atoms with Gasteiger partial charge >= 0.3 is 5.97 Å². The number of nitro groups is 1. The summed E-state index contributed by atoms with van der Waals surface area (Å²) in [5.41, 5.74) is 0.672. The molecule has 1 aliphatic rings. The zero-order chi connectivity index (χ0) is 18.6. The van der Waals surface area contributed by atoms with E-state index in [-0.39, 0.29) is 29.8 Å². The minimum atomic E-state index is -0.932. The molecule has 1 aromatic rings. The van der Waals surface area contributed by atoms with E-state index in [4.69, 9.17) is 9.84 Å². The van der Waals surface area contributed by atoms with Crippen molar-refractivity contribution in [2.24, 2.45) is 0 Å². The Balaban J connectivity index is 2.05. The van der Waals surface area contributed by atoms with Crippen LogP contribution in [-0.2, 0) is 9.53 Å². The molecule has 136 valence electrons. The molecule has 0 radical (unpaired) electrons. The topological polar surface area (TPSA) is 113 Å². The van der Waals surface area contributed by atoms with E-state index in [1.807, 2.05) is 0 Å². The number of carboxylic acids is 1. The highest BCUT2D eigenvalue weighted by Gasteiger charge is 2.27. The molecule has 1 aromatic carbocycles. The van der Waals surface area contributed by atoms with Crippen LogP contribution in [0.15, 0.2) is 18.2 Å². The summed E-state index contributed by atoms with van der Waals surface area (Å²) in [5, 5.41) is 19.8. The SMILES string of the molecule is Cc1ccc(C(=O)N2CCOC(CN(C)CC(=O)O)C2)cc1[N+](=O)[O-]. The third-order valence-corrected chi connectivity index (χ3v) is 4.00. The lowest BCUT2D eigenvalue weighted by Crippen LogP contribution is -2.49. The van der Waals surface area contributed by atoms with E-state index in [1.165, 1.54) is 6.07 Å². The Kier molecular flexibility index (Phi) is 6.05. The van der Waals surface area contributed by atoms with Crippen molar-refractivity contribution < 1.29 is 24.4 Å². The van der Waals surface area contributed by atoms with Crippen LogP contribution in [0.3, 0.4) is 0 Å². The van der Waals surface area contributed by atoms with Gasteiger partial charge in [-0.1, -0.05) is 6.07 Å². The summed E-state index contributed by atoms with van der Waals surface area (Å²) in [5.74, 6) is -1.23. The van der Waals surface area contributed by atoms with Gasteiger partial charge in [0.05, 0.1) is 24.2 Å². The summed E-state index contributed by atoms with van der Waals surface area (Å²) in [6.07, 6.45) is -0.303. The Morgan fingerprint density at radius 2 is 2.20 bits per heavy atom. The normalized spacial score (nSPS) is 17.6. The number of nitro benzene ring substituents is 1. The first-order valence-corrected chi connectivity index (χ1v) is 7.84. The van der Waals surface area contributed by atoms with Crippen LogP contribution in [0.2, 0.25) is 0 Å². The number of aryl methyl sites for hydroxylation is 1. The van der Waals surface area contributed by atoms with Gasteiger partial charge in [-0.05, 0) is 20.0 Å². The van der Waals surface area contributed by atoms with Gasteiger partial charge in [0.2, 0.25) is 0 Å². The number of hydrogen-bond donors (Lipinski definition) is 1. The molecule has 0 saturated carbocycles. The van der Waals surface area contributed by atoms with Crippen LogP contribution in [0.1, 0.15) is 15.9 Å². The molecule has 2 rings (SSSR count). The zero-order valence-corrected chi connectivity index (χ0v) is 14.2. The van der Waals surface area contributed by atoms with E-state index in [1.54, 1.807) is 35.9 Å². The third-order valence-electron chi connectivity index (χ3n) is 4.00. The number of benzene rings is 1. The predicted octanol–water partition coefficient (Wildman–Crippen LogP) is 0.761. The number of amides is 1. The molecule has 9 nitrogen and oxygen atoms in total. The second-order valence-corrected chi connectivity index (χ2v) is 6.09. The summed E-state index contributed by atoms with van der Waals surface area (Å²) in [6.45, 7) is 2.92. The van der Waals surface area contributed by atoms with Gasteiger partial charge in [-0.15, -0.1) is 0 Å². The number of carbonyl (C=O) groups excluding carboxylic acids is 1. The third kappa shape index (κ3) is 4.97. The molecule has 1 unspecified atom stereocenters. The number of carboxylic acid groups (broad SMARTS) is 1.